The number of nitrogens with zero attached hydrogens (tertiary/aromatic N) is 2. The van der Waals surface area contributed by atoms with Gasteiger partial charge in [-0.2, -0.15) is 0 Å². The molecule has 0 bridgehead atoms. The van der Waals surface area contributed by atoms with Crippen LogP contribution in [0, 0.1) is 0 Å². The Balaban J connectivity index is 1.97. The van der Waals surface area contributed by atoms with Gasteiger partial charge in [0.15, 0.2) is 0 Å². The predicted molar refractivity (Wildman–Crippen MR) is 92.8 cm³/mol. The van der Waals surface area contributed by atoms with Gasteiger partial charge >= 0.3 is 0 Å². The number of carbonyl (C=O) groups excluding carboxylic acids is 1. The van der Waals surface area contributed by atoms with Crippen molar-refractivity contribution in [1.29, 1.82) is 0 Å². The first-order valence-electron chi connectivity index (χ1n) is 8.10. The predicted octanol–water partition coefficient (Wildman–Crippen LogP) is 0.898. The van der Waals surface area contributed by atoms with Gasteiger partial charge in [0.1, 0.15) is 5.82 Å². The number of methoxy groups -OCH3 is 1. The quantitative estimate of drug-likeness (QED) is 0.666. The summed E-state index contributed by atoms with van der Waals surface area (Å²) < 4.78 is 4.95. The Bertz CT molecular complexity index is 729. The Morgan fingerprint density at radius 3 is 2.92 bits per heavy atom. The molecule has 0 radical (unpaired) electrons. The zero-order chi connectivity index (χ0) is 17.4. The molecule has 7 heteroatoms. The molecule has 1 aromatic carbocycles. The van der Waals surface area contributed by atoms with Gasteiger partial charge in [0, 0.05) is 20.3 Å². The van der Waals surface area contributed by atoms with E-state index in [2.05, 4.69) is 15.3 Å². The minimum atomic E-state index is -0.157. The smallest absolute Gasteiger partial charge is 0.258 e. The fourth-order valence-electron chi connectivity index (χ4n) is 2.40. The van der Waals surface area contributed by atoms with Gasteiger partial charge in [0.05, 0.1) is 24.0 Å². The second kappa shape index (κ2) is 9.14. The van der Waals surface area contributed by atoms with Crippen molar-refractivity contribution in [1.82, 2.24) is 20.2 Å². The van der Waals surface area contributed by atoms with Crippen molar-refractivity contribution in [2.75, 3.05) is 33.4 Å². The molecular formula is C17H24N4O3. The SMILES string of the molecule is CCN(CC(=O)NCCCOC)Cc1nc2ccccc2c(=O)[nH]1. The molecule has 24 heavy (non-hydrogen) atoms. The molecule has 2 aromatic rings. The minimum Gasteiger partial charge on any atom is -0.385 e. The Kier molecular flexibility index (Phi) is 6.89. The standard InChI is InChI=1S/C17H24N4O3/c1-3-21(12-16(22)18-9-6-10-24-2)11-15-19-14-8-5-4-7-13(14)17(23)20-15/h4-5,7-8H,3,6,9-12H2,1-2H3,(H,18,22)(H,19,20,23). The number of benzene rings is 1. The monoisotopic (exact) mass is 332 g/mol. The molecule has 0 aliphatic heterocycles. The molecule has 1 heterocycles. The number of carbonyl (C=O) groups is 1. The number of hydrogen-bond acceptors (Lipinski definition) is 5. The number of amides is 1. The van der Waals surface area contributed by atoms with Gasteiger partial charge in [-0.05, 0) is 25.1 Å². The third kappa shape index (κ3) is 5.14. The lowest BCUT2D eigenvalue weighted by atomic mass is 10.2. The van der Waals surface area contributed by atoms with Crippen molar-refractivity contribution in [3.05, 3.63) is 40.4 Å². The van der Waals surface area contributed by atoms with Crippen LogP contribution in [0.15, 0.2) is 29.1 Å². The van der Waals surface area contributed by atoms with Crippen LogP contribution in [0.1, 0.15) is 19.2 Å². The van der Waals surface area contributed by atoms with Crippen LogP contribution in [0.5, 0.6) is 0 Å². The summed E-state index contributed by atoms with van der Waals surface area (Å²) in [6, 6.07) is 7.22. The molecule has 0 atom stereocenters. The maximum Gasteiger partial charge on any atom is 0.258 e. The summed E-state index contributed by atoms with van der Waals surface area (Å²) in [5.41, 5.74) is 0.506. The summed E-state index contributed by atoms with van der Waals surface area (Å²) in [6.07, 6.45) is 0.786. The second-order valence-electron chi connectivity index (χ2n) is 5.53. The van der Waals surface area contributed by atoms with E-state index in [4.69, 9.17) is 4.74 Å². The van der Waals surface area contributed by atoms with E-state index in [1.807, 2.05) is 30.0 Å². The highest BCUT2D eigenvalue weighted by atomic mass is 16.5. The molecular weight excluding hydrogens is 308 g/mol. The van der Waals surface area contributed by atoms with Gasteiger partial charge in [-0.3, -0.25) is 14.5 Å². The van der Waals surface area contributed by atoms with Crippen LogP contribution in [0.4, 0.5) is 0 Å². The number of H-pyrrole nitrogens is 1. The Hall–Kier alpha value is -2.25. The molecule has 0 spiro atoms. The molecule has 1 aromatic heterocycles. The highest BCUT2D eigenvalue weighted by Gasteiger charge is 2.11. The Morgan fingerprint density at radius 2 is 2.17 bits per heavy atom. The van der Waals surface area contributed by atoms with Crippen LogP contribution >= 0.6 is 0 Å². The van der Waals surface area contributed by atoms with Crippen molar-refractivity contribution in [2.45, 2.75) is 19.9 Å². The molecule has 0 saturated heterocycles. The topological polar surface area (TPSA) is 87.3 Å². The lowest BCUT2D eigenvalue weighted by molar-refractivity contribution is -0.122. The van der Waals surface area contributed by atoms with E-state index in [-0.39, 0.29) is 18.0 Å². The fraction of sp³-hybridized carbons (Fsp3) is 0.471. The lowest BCUT2D eigenvalue weighted by Gasteiger charge is -2.19. The number of rotatable bonds is 9. The Morgan fingerprint density at radius 1 is 1.38 bits per heavy atom. The highest BCUT2D eigenvalue weighted by Crippen LogP contribution is 2.07. The third-order valence-electron chi connectivity index (χ3n) is 3.70. The number of ether oxygens (including phenoxy) is 1. The zero-order valence-corrected chi connectivity index (χ0v) is 14.2. The maximum atomic E-state index is 12.1. The molecule has 2 rings (SSSR count). The first-order chi connectivity index (χ1) is 11.6. The first kappa shape index (κ1) is 18.1. The van der Waals surface area contributed by atoms with Crippen molar-refractivity contribution >= 4 is 16.8 Å². The number of nitrogens with one attached hydrogen (secondary N) is 2. The summed E-state index contributed by atoms with van der Waals surface area (Å²) in [5, 5.41) is 3.43. The van der Waals surface area contributed by atoms with Crippen LogP contribution in [0.25, 0.3) is 10.9 Å². The van der Waals surface area contributed by atoms with Gasteiger partial charge in [-0.15, -0.1) is 0 Å². The van der Waals surface area contributed by atoms with Gasteiger partial charge in [0.25, 0.3) is 5.56 Å². The van der Waals surface area contributed by atoms with Crippen molar-refractivity contribution in [3.8, 4) is 0 Å². The first-order valence-corrected chi connectivity index (χ1v) is 8.10. The van der Waals surface area contributed by atoms with Gasteiger partial charge < -0.3 is 15.0 Å². The lowest BCUT2D eigenvalue weighted by Crippen LogP contribution is -2.38. The summed E-state index contributed by atoms with van der Waals surface area (Å²) in [5.74, 6) is 0.517. The maximum absolute atomic E-state index is 12.1. The van der Waals surface area contributed by atoms with Gasteiger partial charge in [-0.25, -0.2) is 4.98 Å². The molecule has 0 fully saturated rings. The van der Waals surface area contributed by atoms with E-state index < -0.39 is 0 Å². The number of likely N-dealkylation sites (N-methyl/N-ethyl adjacent to an activating group) is 1. The second-order valence-corrected chi connectivity index (χ2v) is 5.53. The third-order valence-corrected chi connectivity index (χ3v) is 3.70. The van der Waals surface area contributed by atoms with E-state index in [9.17, 15) is 9.59 Å². The van der Waals surface area contributed by atoms with Crippen molar-refractivity contribution in [3.63, 3.8) is 0 Å². The van der Waals surface area contributed by atoms with Crippen molar-refractivity contribution in [2.24, 2.45) is 0 Å². The van der Waals surface area contributed by atoms with Crippen LogP contribution in [-0.4, -0.2) is 54.1 Å². The van der Waals surface area contributed by atoms with Crippen LogP contribution < -0.4 is 10.9 Å². The molecule has 7 nitrogen and oxygen atoms in total. The summed E-state index contributed by atoms with van der Waals surface area (Å²) in [7, 11) is 1.64. The molecule has 130 valence electrons. The number of para-hydroxylation sites is 1. The molecule has 0 saturated carbocycles. The van der Waals surface area contributed by atoms with E-state index in [0.717, 1.165) is 6.42 Å². The largest absolute Gasteiger partial charge is 0.385 e. The fourth-order valence-corrected chi connectivity index (χ4v) is 2.40. The number of fused-ring (bicyclic) bond motifs is 1. The number of hydrogen-bond donors (Lipinski definition) is 2. The van der Waals surface area contributed by atoms with E-state index in [0.29, 0.717) is 43.0 Å². The minimum absolute atomic E-state index is 0.0453. The molecule has 0 aliphatic carbocycles. The summed E-state index contributed by atoms with van der Waals surface area (Å²) >= 11 is 0. The van der Waals surface area contributed by atoms with Gasteiger partial charge in [0.2, 0.25) is 5.91 Å². The van der Waals surface area contributed by atoms with Crippen LogP contribution in [0.3, 0.4) is 0 Å². The van der Waals surface area contributed by atoms with Crippen molar-refractivity contribution < 1.29 is 9.53 Å². The van der Waals surface area contributed by atoms with E-state index >= 15 is 0 Å². The molecule has 2 N–H and O–H groups in total. The average Bonchev–Trinajstić information content (AvgIpc) is 2.58. The van der Waals surface area contributed by atoms with E-state index in [1.165, 1.54) is 0 Å². The molecule has 1 amide bonds. The normalized spacial score (nSPS) is 11.1. The molecule has 0 unspecified atom stereocenters. The number of aromatic amines is 1. The summed E-state index contributed by atoms with van der Waals surface area (Å²) in [4.78, 5) is 33.2. The van der Waals surface area contributed by atoms with Gasteiger partial charge in [-0.1, -0.05) is 19.1 Å². The summed E-state index contributed by atoms with van der Waals surface area (Å²) in [6.45, 7) is 4.55. The number of aromatic nitrogens is 2. The van der Waals surface area contributed by atoms with Crippen LogP contribution in [-0.2, 0) is 16.1 Å². The average molecular weight is 332 g/mol. The zero-order valence-electron chi connectivity index (χ0n) is 14.2. The Labute approximate surface area is 141 Å². The molecule has 0 aliphatic rings. The van der Waals surface area contributed by atoms with Crippen LogP contribution in [0.2, 0.25) is 0 Å². The highest BCUT2D eigenvalue weighted by molar-refractivity contribution is 5.78. The van der Waals surface area contributed by atoms with E-state index in [1.54, 1.807) is 13.2 Å².